The molecule has 2 atom stereocenters. The van der Waals surface area contributed by atoms with Crippen LogP contribution < -0.4 is 16.4 Å². The highest BCUT2D eigenvalue weighted by Crippen LogP contribution is 2.21. The first kappa shape index (κ1) is 15.6. The summed E-state index contributed by atoms with van der Waals surface area (Å²) in [6.07, 6.45) is 1.53. The maximum Gasteiger partial charge on any atom is 0.249 e. The van der Waals surface area contributed by atoms with Gasteiger partial charge in [-0.3, -0.25) is 19.7 Å². The van der Waals surface area contributed by atoms with Gasteiger partial charge in [-0.1, -0.05) is 20.8 Å². The van der Waals surface area contributed by atoms with Crippen LogP contribution in [-0.2, 0) is 14.4 Å². The van der Waals surface area contributed by atoms with E-state index in [-0.39, 0.29) is 36.1 Å². The van der Waals surface area contributed by atoms with Crippen molar-refractivity contribution in [1.29, 1.82) is 0 Å². The van der Waals surface area contributed by atoms with Crippen LogP contribution >= 0.6 is 0 Å². The molecule has 1 saturated heterocycles. The maximum atomic E-state index is 11.8. The normalized spacial score (nSPS) is 21.8. The summed E-state index contributed by atoms with van der Waals surface area (Å²) >= 11 is 0. The van der Waals surface area contributed by atoms with Gasteiger partial charge < -0.3 is 11.1 Å². The fraction of sp³-hybridized carbons (Fsp3) is 0.769. The van der Waals surface area contributed by atoms with E-state index in [9.17, 15) is 14.4 Å². The molecule has 1 aliphatic rings. The second-order valence-electron chi connectivity index (χ2n) is 6.30. The van der Waals surface area contributed by atoms with Crippen molar-refractivity contribution in [3.05, 3.63) is 0 Å². The molecule has 1 fully saturated rings. The predicted molar refractivity (Wildman–Crippen MR) is 71.0 cm³/mol. The Morgan fingerprint density at radius 2 is 2.11 bits per heavy atom. The summed E-state index contributed by atoms with van der Waals surface area (Å²) < 4.78 is 0. The number of amides is 3. The lowest BCUT2D eigenvalue weighted by Crippen LogP contribution is -2.52. The first-order chi connectivity index (χ1) is 8.67. The van der Waals surface area contributed by atoms with Crippen LogP contribution in [-0.4, -0.2) is 29.8 Å². The maximum absolute atomic E-state index is 11.8. The molecule has 19 heavy (non-hydrogen) atoms. The van der Waals surface area contributed by atoms with E-state index in [0.717, 1.165) is 6.42 Å². The summed E-state index contributed by atoms with van der Waals surface area (Å²) in [6.45, 7) is 6.18. The molecule has 4 N–H and O–H groups in total. The van der Waals surface area contributed by atoms with E-state index < -0.39 is 11.9 Å². The van der Waals surface area contributed by atoms with Crippen molar-refractivity contribution in [3.63, 3.8) is 0 Å². The van der Waals surface area contributed by atoms with Crippen molar-refractivity contribution in [1.82, 2.24) is 10.6 Å². The summed E-state index contributed by atoms with van der Waals surface area (Å²) in [5.41, 5.74) is 5.97. The summed E-state index contributed by atoms with van der Waals surface area (Å²) in [4.78, 5) is 34.2. The first-order valence-electron chi connectivity index (χ1n) is 6.56. The monoisotopic (exact) mass is 269 g/mol. The molecule has 0 spiro atoms. The molecule has 1 rings (SSSR count). The van der Waals surface area contributed by atoms with E-state index >= 15 is 0 Å². The third kappa shape index (κ3) is 5.83. The van der Waals surface area contributed by atoms with Crippen LogP contribution in [0.4, 0.5) is 0 Å². The number of nitrogens with one attached hydrogen (secondary N) is 2. The molecule has 0 aliphatic carbocycles. The van der Waals surface area contributed by atoms with E-state index in [2.05, 4.69) is 31.4 Å². The molecule has 0 aromatic carbocycles. The highest BCUT2D eigenvalue weighted by Gasteiger charge is 2.28. The van der Waals surface area contributed by atoms with E-state index in [1.165, 1.54) is 0 Å². The molecule has 2 unspecified atom stereocenters. The Balaban J connectivity index is 2.39. The van der Waals surface area contributed by atoms with Crippen LogP contribution in [0.15, 0.2) is 0 Å². The Morgan fingerprint density at radius 1 is 1.47 bits per heavy atom. The molecule has 0 bridgehead atoms. The largest absolute Gasteiger partial charge is 0.344 e. The Kier molecular flexibility index (Phi) is 5.05. The topological polar surface area (TPSA) is 101 Å². The molecule has 0 radical (unpaired) electrons. The lowest BCUT2D eigenvalue weighted by molar-refractivity contribution is -0.137. The molecule has 0 saturated carbocycles. The van der Waals surface area contributed by atoms with Gasteiger partial charge in [-0.2, -0.15) is 0 Å². The van der Waals surface area contributed by atoms with Crippen LogP contribution in [0.25, 0.3) is 0 Å². The molecule has 3 amide bonds. The third-order valence-corrected chi connectivity index (χ3v) is 2.90. The summed E-state index contributed by atoms with van der Waals surface area (Å²) in [7, 11) is 0. The number of piperidine rings is 1. The number of hydrogen-bond donors (Lipinski definition) is 3. The zero-order chi connectivity index (χ0) is 14.6. The van der Waals surface area contributed by atoms with Gasteiger partial charge in [-0.15, -0.1) is 0 Å². The minimum Gasteiger partial charge on any atom is -0.344 e. The second-order valence-corrected chi connectivity index (χ2v) is 6.30. The van der Waals surface area contributed by atoms with Crippen molar-refractivity contribution in [2.75, 3.05) is 0 Å². The van der Waals surface area contributed by atoms with Crippen molar-refractivity contribution in [3.8, 4) is 0 Å². The van der Waals surface area contributed by atoms with Crippen LogP contribution in [0.3, 0.4) is 0 Å². The molecular weight excluding hydrogens is 246 g/mol. The lowest BCUT2D eigenvalue weighted by Gasteiger charge is -2.25. The number of nitrogens with two attached hydrogens (primary N) is 1. The van der Waals surface area contributed by atoms with Crippen LogP contribution in [0.1, 0.15) is 46.5 Å². The smallest absolute Gasteiger partial charge is 0.249 e. The fourth-order valence-electron chi connectivity index (χ4n) is 2.18. The van der Waals surface area contributed by atoms with Gasteiger partial charge in [0.1, 0.15) is 6.04 Å². The summed E-state index contributed by atoms with van der Waals surface area (Å²) in [6, 6.07) is -0.847. The third-order valence-electron chi connectivity index (χ3n) is 2.90. The molecule has 0 aromatic heterocycles. The zero-order valence-corrected chi connectivity index (χ0v) is 11.8. The van der Waals surface area contributed by atoms with Crippen LogP contribution in [0.2, 0.25) is 0 Å². The van der Waals surface area contributed by atoms with Crippen molar-refractivity contribution < 1.29 is 14.4 Å². The molecule has 0 aromatic rings. The molecular formula is C13H23N3O3. The van der Waals surface area contributed by atoms with Gasteiger partial charge >= 0.3 is 0 Å². The Hall–Kier alpha value is -1.43. The zero-order valence-electron chi connectivity index (χ0n) is 11.8. The fourth-order valence-corrected chi connectivity index (χ4v) is 2.18. The van der Waals surface area contributed by atoms with Crippen molar-refractivity contribution in [2.24, 2.45) is 11.1 Å². The Labute approximate surface area is 113 Å². The molecule has 108 valence electrons. The Bertz CT molecular complexity index is 374. The predicted octanol–water partition coefficient (Wildman–Crippen LogP) is 0.0614. The van der Waals surface area contributed by atoms with Gasteiger partial charge in [0.15, 0.2) is 0 Å². The average molecular weight is 269 g/mol. The first-order valence-corrected chi connectivity index (χ1v) is 6.56. The van der Waals surface area contributed by atoms with Crippen LogP contribution in [0, 0.1) is 5.41 Å². The number of carbonyl (C=O) groups is 3. The van der Waals surface area contributed by atoms with E-state index in [1.54, 1.807) is 0 Å². The van der Waals surface area contributed by atoms with E-state index in [0.29, 0.717) is 6.42 Å². The van der Waals surface area contributed by atoms with E-state index in [4.69, 9.17) is 5.73 Å². The lowest BCUT2D eigenvalue weighted by atomic mass is 9.87. The molecule has 6 heteroatoms. The number of imide groups is 1. The SMILES string of the molecule is CC(C)(C)CC(N)CC(=O)NC1CCC(=O)NC1=O. The van der Waals surface area contributed by atoms with Gasteiger partial charge in [0.2, 0.25) is 17.7 Å². The van der Waals surface area contributed by atoms with Gasteiger partial charge in [-0.25, -0.2) is 0 Å². The van der Waals surface area contributed by atoms with Gasteiger partial charge in [-0.05, 0) is 18.3 Å². The summed E-state index contributed by atoms with van der Waals surface area (Å²) in [5, 5.41) is 4.83. The Morgan fingerprint density at radius 3 is 2.63 bits per heavy atom. The standard InChI is InChI=1S/C13H23N3O3/c1-13(2,3)7-8(14)6-11(18)15-9-4-5-10(17)16-12(9)19/h8-9H,4-7,14H2,1-3H3,(H,15,18)(H,16,17,19). The van der Waals surface area contributed by atoms with E-state index in [1.807, 2.05) is 0 Å². The van der Waals surface area contributed by atoms with Crippen molar-refractivity contribution in [2.45, 2.75) is 58.5 Å². The molecule has 6 nitrogen and oxygen atoms in total. The minimum absolute atomic E-state index is 0.0638. The quantitative estimate of drug-likeness (QED) is 0.628. The highest BCUT2D eigenvalue weighted by atomic mass is 16.2. The van der Waals surface area contributed by atoms with Crippen molar-refractivity contribution >= 4 is 17.7 Å². The average Bonchev–Trinajstić information content (AvgIpc) is 2.19. The summed E-state index contributed by atoms with van der Waals surface area (Å²) in [5.74, 6) is -0.972. The molecule has 1 heterocycles. The number of carbonyl (C=O) groups excluding carboxylic acids is 3. The highest BCUT2D eigenvalue weighted by molar-refractivity contribution is 6.01. The van der Waals surface area contributed by atoms with Gasteiger partial charge in [0.05, 0.1) is 0 Å². The van der Waals surface area contributed by atoms with Gasteiger partial charge in [0.25, 0.3) is 0 Å². The number of rotatable bonds is 4. The van der Waals surface area contributed by atoms with Crippen LogP contribution in [0.5, 0.6) is 0 Å². The molecule has 1 aliphatic heterocycles. The van der Waals surface area contributed by atoms with Gasteiger partial charge in [0, 0.05) is 18.9 Å². The minimum atomic E-state index is -0.618. The second kappa shape index (κ2) is 6.14. The number of hydrogen-bond acceptors (Lipinski definition) is 4.